The van der Waals surface area contributed by atoms with Crippen LogP contribution in [-0.2, 0) is 4.79 Å². The van der Waals surface area contributed by atoms with Crippen LogP contribution in [0.1, 0.15) is 64.7 Å². The van der Waals surface area contributed by atoms with Gasteiger partial charge < -0.3 is 5.11 Å². The van der Waals surface area contributed by atoms with Crippen molar-refractivity contribution in [3.63, 3.8) is 0 Å². The van der Waals surface area contributed by atoms with Gasteiger partial charge in [0.15, 0.2) is 0 Å². The van der Waals surface area contributed by atoms with Crippen LogP contribution in [0.5, 0.6) is 0 Å². The highest BCUT2D eigenvalue weighted by molar-refractivity contribution is 5.73. The predicted molar refractivity (Wildman–Crippen MR) is 72.6 cm³/mol. The number of hydrogen-bond acceptors (Lipinski definition) is 2. The minimum absolute atomic E-state index is 0.216. The lowest BCUT2D eigenvalue weighted by atomic mass is 9.87. The first kappa shape index (κ1) is 13.9. The Labute approximate surface area is 111 Å². The summed E-state index contributed by atoms with van der Waals surface area (Å²) in [6, 6.07) is 0.318. The highest BCUT2D eigenvalue weighted by Gasteiger charge is 2.36. The number of aliphatic carboxylic acids is 1. The average molecular weight is 253 g/mol. The maximum atomic E-state index is 11.5. The summed E-state index contributed by atoms with van der Waals surface area (Å²) in [7, 11) is 0. The SMILES string of the molecule is CCC1CCN(C2CCCCCC2)C(C(=O)O)C1. The monoisotopic (exact) mass is 253 g/mol. The molecular formula is C15H27NO2. The number of rotatable bonds is 3. The van der Waals surface area contributed by atoms with E-state index in [4.69, 9.17) is 0 Å². The number of likely N-dealkylation sites (tertiary alicyclic amines) is 1. The van der Waals surface area contributed by atoms with Crippen LogP contribution >= 0.6 is 0 Å². The Morgan fingerprint density at radius 1 is 1.17 bits per heavy atom. The van der Waals surface area contributed by atoms with Gasteiger partial charge in [-0.15, -0.1) is 0 Å². The smallest absolute Gasteiger partial charge is 0.320 e. The molecule has 0 spiro atoms. The number of carboxylic acid groups (broad SMARTS) is 1. The number of carboxylic acids is 1. The summed E-state index contributed by atoms with van der Waals surface area (Å²) in [6.07, 6.45) is 10.8. The standard InChI is InChI=1S/C15H27NO2/c1-2-12-9-10-16(14(11-12)15(17)18)13-7-5-3-4-6-8-13/h12-14H,2-11H2,1H3,(H,17,18). The van der Waals surface area contributed by atoms with Gasteiger partial charge in [0, 0.05) is 6.04 Å². The first-order valence-corrected chi connectivity index (χ1v) is 7.71. The fourth-order valence-corrected chi connectivity index (χ4v) is 3.70. The van der Waals surface area contributed by atoms with E-state index in [-0.39, 0.29) is 6.04 Å². The lowest BCUT2D eigenvalue weighted by Gasteiger charge is -2.41. The van der Waals surface area contributed by atoms with Crippen molar-refractivity contribution < 1.29 is 9.90 Å². The molecule has 2 rings (SSSR count). The molecule has 0 amide bonds. The molecule has 3 nitrogen and oxygen atoms in total. The van der Waals surface area contributed by atoms with E-state index in [9.17, 15) is 9.90 Å². The molecule has 1 heterocycles. The molecule has 2 atom stereocenters. The van der Waals surface area contributed by atoms with E-state index in [0.717, 1.165) is 19.4 Å². The molecule has 2 aliphatic rings. The van der Waals surface area contributed by atoms with Gasteiger partial charge in [0.25, 0.3) is 0 Å². The molecule has 3 heteroatoms. The molecule has 1 aliphatic heterocycles. The van der Waals surface area contributed by atoms with Crippen molar-refractivity contribution in [2.75, 3.05) is 6.54 Å². The second-order valence-corrected chi connectivity index (χ2v) is 6.04. The van der Waals surface area contributed by atoms with Crippen molar-refractivity contribution in [2.24, 2.45) is 5.92 Å². The van der Waals surface area contributed by atoms with Crippen LogP contribution in [0.4, 0.5) is 0 Å². The Bertz CT molecular complexity index is 272. The Morgan fingerprint density at radius 2 is 1.83 bits per heavy atom. The third kappa shape index (κ3) is 3.25. The summed E-state index contributed by atoms with van der Waals surface area (Å²) in [5, 5.41) is 9.48. The second-order valence-electron chi connectivity index (χ2n) is 6.04. The van der Waals surface area contributed by atoms with Crippen LogP contribution < -0.4 is 0 Å². The molecule has 0 aromatic rings. The fraction of sp³-hybridized carbons (Fsp3) is 0.933. The van der Waals surface area contributed by atoms with Crippen LogP contribution in [0.3, 0.4) is 0 Å². The fourth-order valence-electron chi connectivity index (χ4n) is 3.70. The van der Waals surface area contributed by atoms with Crippen LogP contribution in [-0.4, -0.2) is 34.6 Å². The van der Waals surface area contributed by atoms with Gasteiger partial charge in [0.2, 0.25) is 0 Å². The summed E-state index contributed by atoms with van der Waals surface area (Å²) >= 11 is 0. The molecule has 1 N–H and O–H groups in total. The van der Waals surface area contributed by atoms with E-state index in [2.05, 4.69) is 11.8 Å². The van der Waals surface area contributed by atoms with E-state index in [1.54, 1.807) is 0 Å². The zero-order chi connectivity index (χ0) is 13.0. The lowest BCUT2D eigenvalue weighted by molar-refractivity contribution is -0.147. The summed E-state index contributed by atoms with van der Waals surface area (Å²) < 4.78 is 0. The van der Waals surface area contributed by atoms with Gasteiger partial charge in [-0.3, -0.25) is 9.69 Å². The largest absolute Gasteiger partial charge is 0.480 e. The molecular weight excluding hydrogens is 226 g/mol. The Kier molecular flexibility index (Phi) is 5.04. The quantitative estimate of drug-likeness (QED) is 0.785. The predicted octanol–water partition coefficient (Wildman–Crippen LogP) is 3.28. The first-order chi connectivity index (χ1) is 8.72. The van der Waals surface area contributed by atoms with Gasteiger partial charge in [0.05, 0.1) is 0 Å². The summed E-state index contributed by atoms with van der Waals surface area (Å²) in [5.74, 6) is 0.0190. The molecule has 1 aliphatic carbocycles. The Hall–Kier alpha value is -0.570. The molecule has 1 saturated carbocycles. The molecule has 104 valence electrons. The van der Waals surface area contributed by atoms with Crippen molar-refractivity contribution in [2.45, 2.75) is 76.8 Å². The van der Waals surface area contributed by atoms with Crippen molar-refractivity contribution in [1.82, 2.24) is 4.90 Å². The first-order valence-electron chi connectivity index (χ1n) is 7.71. The van der Waals surface area contributed by atoms with Crippen LogP contribution in [0.2, 0.25) is 0 Å². The molecule has 18 heavy (non-hydrogen) atoms. The number of carbonyl (C=O) groups is 1. The van der Waals surface area contributed by atoms with Gasteiger partial charge in [-0.25, -0.2) is 0 Å². The van der Waals surface area contributed by atoms with E-state index >= 15 is 0 Å². The van der Waals surface area contributed by atoms with Gasteiger partial charge in [-0.05, 0) is 38.1 Å². The highest BCUT2D eigenvalue weighted by atomic mass is 16.4. The number of piperidine rings is 1. The highest BCUT2D eigenvalue weighted by Crippen LogP contribution is 2.31. The zero-order valence-corrected chi connectivity index (χ0v) is 11.6. The molecule has 0 bridgehead atoms. The van der Waals surface area contributed by atoms with Crippen LogP contribution in [0.15, 0.2) is 0 Å². The average Bonchev–Trinajstić information content (AvgIpc) is 2.66. The molecule has 0 aromatic carbocycles. The van der Waals surface area contributed by atoms with E-state index in [0.29, 0.717) is 12.0 Å². The zero-order valence-electron chi connectivity index (χ0n) is 11.6. The molecule has 0 aromatic heterocycles. The minimum atomic E-state index is -0.600. The normalized spacial score (nSPS) is 32.1. The van der Waals surface area contributed by atoms with Crippen molar-refractivity contribution >= 4 is 5.97 Å². The molecule has 2 unspecified atom stereocenters. The maximum absolute atomic E-state index is 11.5. The van der Waals surface area contributed by atoms with Gasteiger partial charge in [-0.1, -0.05) is 39.0 Å². The number of nitrogens with zero attached hydrogens (tertiary/aromatic N) is 1. The molecule has 1 saturated heterocycles. The Balaban J connectivity index is 2.02. The molecule has 2 fully saturated rings. The van der Waals surface area contributed by atoms with Crippen LogP contribution in [0.25, 0.3) is 0 Å². The Morgan fingerprint density at radius 3 is 2.39 bits per heavy atom. The second kappa shape index (κ2) is 6.55. The lowest BCUT2D eigenvalue weighted by Crippen LogP contribution is -2.51. The minimum Gasteiger partial charge on any atom is -0.480 e. The maximum Gasteiger partial charge on any atom is 0.320 e. The third-order valence-electron chi connectivity index (χ3n) is 4.91. The molecule has 0 radical (unpaired) electrons. The van der Waals surface area contributed by atoms with Crippen LogP contribution in [0, 0.1) is 5.92 Å². The van der Waals surface area contributed by atoms with Crippen molar-refractivity contribution in [3.05, 3.63) is 0 Å². The van der Waals surface area contributed by atoms with Crippen molar-refractivity contribution in [1.29, 1.82) is 0 Å². The van der Waals surface area contributed by atoms with E-state index < -0.39 is 5.97 Å². The van der Waals surface area contributed by atoms with Crippen molar-refractivity contribution in [3.8, 4) is 0 Å². The van der Waals surface area contributed by atoms with E-state index in [1.807, 2.05) is 0 Å². The van der Waals surface area contributed by atoms with Gasteiger partial charge in [0.1, 0.15) is 6.04 Å². The summed E-state index contributed by atoms with van der Waals surface area (Å²) in [5.41, 5.74) is 0. The van der Waals surface area contributed by atoms with Gasteiger partial charge in [-0.2, -0.15) is 0 Å². The summed E-state index contributed by atoms with van der Waals surface area (Å²) in [4.78, 5) is 13.8. The number of hydrogen-bond donors (Lipinski definition) is 1. The third-order valence-corrected chi connectivity index (χ3v) is 4.91. The summed E-state index contributed by atoms with van der Waals surface area (Å²) in [6.45, 7) is 3.19. The van der Waals surface area contributed by atoms with Gasteiger partial charge >= 0.3 is 5.97 Å². The topological polar surface area (TPSA) is 40.5 Å². The van der Waals surface area contributed by atoms with E-state index in [1.165, 1.54) is 44.9 Å².